The lowest BCUT2D eigenvalue weighted by Gasteiger charge is -2.33. The van der Waals surface area contributed by atoms with Gasteiger partial charge in [0.1, 0.15) is 10.8 Å². The lowest BCUT2D eigenvalue weighted by molar-refractivity contribution is -0.124. The summed E-state index contributed by atoms with van der Waals surface area (Å²) in [6, 6.07) is 7.92. The van der Waals surface area contributed by atoms with Gasteiger partial charge < -0.3 is 20.1 Å². The first-order valence-corrected chi connectivity index (χ1v) is 20.9. The van der Waals surface area contributed by atoms with E-state index in [4.69, 9.17) is 16.3 Å². The van der Waals surface area contributed by atoms with Gasteiger partial charge in [-0.05, 0) is 122 Å². The van der Waals surface area contributed by atoms with Crippen molar-refractivity contribution in [2.45, 2.75) is 87.0 Å². The van der Waals surface area contributed by atoms with E-state index in [1.165, 1.54) is 76.2 Å². The molecule has 2 aromatic rings. The quantitative estimate of drug-likeness (QED) is 0.0467. The predicted octanol–water partition coefficient (Wildman–Crippen LogP) is 10.6. The van der Waals surface area contributed by atoms with Crippen LogP contribution in [0.2, 0.25) is 5.02 Å². The van der Waals surface area contributed by atoms with Gasteiger partial charge in [-0.25, -0.2) is 13.7 Å². The Morgan fingerprint density at radius 2 is 1.78 bits per heavy atom. The standard InChI is InChI=1S/C18H20ClFN4O2S.C9H17N.C3H6FNO.C2H6.CH3IS.CH4/c1-4-24(3)27-23-16-8-6-14(20)18(17(16)19)26-13-5-7-15(12(2)9-13)22-10-21-11-25;1-2-4-9(3-1)5-7-10-8-6-9;1-2-3(6)5-4;1-2;1-3-2;/h5-11,23H,4H2,1-3H3,(H,21,22,25);10H,1-8H2;2H2,1H3,(H,5,6);1-2H3;1H3;1H4. The first-order chi connectivity index (χ1) is 23.1. The van der Waals surface area contributed by atoms with Crippen molar-refractivity contribution in [2.24, 2.45) is 10.4 Å². The molecule has 1 aliphatic carbocycles. The van der Waals surface area contributed by atoms with Crippen molar-refractivity contribution in [1.82, 2.24) is 20.5 Å². The molecule has 0 atom stereocenters. The Balaban J connectivity index is 0. The number of anilines is 1. The maximum atomic E-state index is 14.2. The molecule has 2 aliphatic rings. The third-order valence-corrected chi connectivity index (χ3v) is 8.55. The summed E-state index contributed by atoms with van der Waals surface area (Å²) in [6.07, 6.45) is 13.0. The third-order valence-electron chi connectivity index (χ3n) is 7.30. The Labute approximate surface area is 319 Å². The number of nitrogens with one attached hydrogen (secondary N) is 4. The van der Waals surface area contributed by atoms with Gasteiger partial charge in [0, 0.05) is 25.1 Å². The summed E-state index contributed by atoms with van der Waals surface area (Å²) >= 11 is 9.88. The highest BCUT2D eigenvalue weighted by molar-refractivity contribution is 14.2. The second kappa shape index (κ2) is 29.8. The molecule has 2 amide bonds. The second-order valence-corrected chi connectivity index (χ2v) is 14.8. The molecule has 1 heterocycles. The van der Waals surface area contributed by atoms with Crippen LogP contribution in [0.25, 0.3) is 0 Å². The molecule has 9 nitrogen and oxygen atoms in total. The van der Waals surface area contributed by atoms with Crippen LogP contribution in [0, 0.1) is 18.2 Å². The highest BCUT2D eigenvalue weighted by Gasteiger charge is 2.34. The smallest absolute Gasteiger partial charge is 0.247 e. The van der Waals surface area contributed by atoms with E-state index in [1.54, 1.807) is 40.1 Å². The number of piperidine rings is 1. The van der Waals surface area contributed by atoms with Gasteiger partial charge in [0.15, 0.2) is 11.6 Å². The predicted molar refractivity (Wildman–Crippen MR) is 218 cm³/mol. The minimum absolute atomic E-state index is 0. The number of benzene rings is 2. The molecule has 0 radical (unpaired) electrons. The fourth-order valence-corrected chi connectivity index (χ4v) is 5.49. The van der Waals surface area contributed by atoms with Crippen LogP contribution in [0.15, 0.2) is 35.3 Å². The number of nitrogens with zero attached hydrogens (tertiary/aromatic N) is 2. The average molecular weight is 861 g/mol. The molecule has 1 spiro atoms. The zero-order chi connectivity index (χ0) is 36.4. The number of rotatable bonds is 10. The van der Waals surface area contributed by atoms with E-state index in [-0.39, 0.29) is 24.6 Å². The number of ether oxygens (including phenoxy) is 1. The number of hydrogen-bond donors (Lipinski definition) is 4. The fraction of sp³-hybridized carbons (Fsp3) is 0.559. The Kier molecular flexibility index (Phi) is 30.0. The van der Waals surface area contributed by atoms with Crippen LogP contribution in [0.3, 0.4) is 0 Å². The lowest BCUT2D eigenvalue weighted by Crippen LogP contribution is -2.34. The Morgan fingerprint density at radius 3 is 2.27 bits per heavy atom. The van der Waals surface area contributed by atoms with Crippen molar-refractivity contribution in [1.29, 1.82) is 0 Å². The number of amides is 2. The van der Waals surface area contributed by atoms with Crippen molar-refractivity contribution < 1.29 is 23.2 Å². The van der Waals surface area contributed by atoms with Gasteiger partial charge >= 0.3 is 0 Å². The molecule has 49 heavy (non-hydrogen) atoms. The molecule has 1 aliphatic heterocycles. The summed E-state index contributed by atoms with van der Waals surface area (Å²) in [5, 5.41) is 5.93. The van der Waals surface area contributed by atoms with E-state index >= 15 is 0 Å². The Bertz CT molecular complexity index is 1220. The van der Waals surface area contributed by atoms with Crippen molar-refractivity contribution in [3.8, 4) is 11.5 Å². The monoisotopic (exact) mass is 860 g/mol. The first-order valence-electron chi connectivity index (χ1n) is 16.0. The zero-order valence-electron chi connectivity index (χ0n) is 29.1. The van der Waals surface area contributed by atoms with E-state index < -0.39 is 11.7 Å². The highest BCUT2D eigenvalue weighted by atomic mass is 127. The fourth-order valence-electron chi connectivity index (χ4n) is 4.64. The van der Waals surface area contributed by atoms with Crippen molar-refractivity contribution in [3.05, 3.63) is 46.7 Å². The van der Waals surface area contributed by atoms with Gasteiger partial charge in [-0.1, -0.05) is 68.5 Å². The summed E-state index contributed by atoms with van der Waals surface area (Å²) in [4.78, 5) is 24.0. The Hall–Kier alpha value is -1.85. The molecule has 0 unspecified atom stereocenters. The molecule has 15 heteroatoms. The molecular weight excluding hydrogens is 805 g/mol. The van der Waals surface area contributed by atoms with E-state index in [0.29, 0.717) is 23.5 Å². The minimum Gasteiger partial charge on any atom is -0.453 e. The van der Waals surface area contributed by atoms with Crippen LogP contribution in [0.4, 0.5) is 20.2 Å². The molecule has 280 valence electrons. The summed E-state index contributed by atoms with van der Waals surface area (Å²) in [5.41, 5.74) is 3.78. The van der Waals surface area contributed by atoms with Gasteiger partial charge in [-0.2, -0.15) is 5.54 Å². The number of hydrogen-bond acceptors (Lipinski definition) is 9. The third kappa shape index (κ3) is 19.9. The van der Waals surface area contributed by atoms with E-state index in [1.807, 2.05) is 45.3 Å². The number of carbonyl (C=O) groups excluding carboxylic acids is 2. The summed E-state index contributed by atoms with van der Waals surface area (Å²) in [7, 11) is 3.64. The van der Waals surface area contributed by atoms with Crippen molar-refractivity contribution >= 4 is 83.9 Å². The van der Waals surface area contributed by atoms with E-state index in [9.17, 15) is 18.5 Å². The van der Waals surface area contributed by atoms with Gasteiger partial charge in [0.05, 0.1) is 17.7 Å². The maximum Gasteiger partial charge on any atom is 0.247 e. The van der Waals surface area contributed by atoms with Crippen LogP contribution in [-0.4, -0.2) is 55.9 Å². The number of aryl methyl sites for hydroxylation is 1. The largest absolute Gasteiger partial charge is 0.453 e. The van der Waals surface area contributed by atoms with Crippen molar-refractivity contribution in [3.63, 3.8) is 0 Å². The number of halogens is 4. The topological polar surface area (TPSA) is 107 Å². The summed E-state index contributed by atoms with van der Waals surface area (Å²) in [5.74, 6) is -0.768. The lowest BCUT2D eigenvalue weighted by atomic mass is 9.78. The van der Waals surface area contributed by atoms with Crippen LogP contribution < -0.4 is 25.6 Å². The minimum atomic E-state index is -0.574. The molecule has 0 bridgehead atoms. The second-order valence-electron chi connectivity index (χ2n) is 10.5. The average Bonchev–Trinajstić information content (AvgIpc) is 3.55. The molecule has 4 N–H and O–H groups in total. The molecule has 4 rings (SSSR count). The van der Waals surface area contributed by atoms with E-state index in [0.717, 1.165) is 23.1 Å². The summed E-state index contributed by atoms with van der Waals surface area (Å²) in [6.45, 7) is 12.8. The van der Waals surface area contributed by atoms with Crippen LogP contribution >= 0.6 is 53.9 Å². The maximum absolute atomic E-state index is 14.2. The molecule has 1 saturated carbocycles. The molecular formula is C34H56ClF2IN6O3S2. The number of carbonyl (C=O) groups is 2. The number of aliphatic imine (C=N–C) groups is 1. The molecule has 0 aromatic heterocycles. The van der Waals surface area contributed by atoms with Crippen LogP contribution in [0.5, 0.6) is 11.5 Å². The van der Waals surface area contributed by atoms with Crippen LogP contribution in [0.1, 0.15) is 85.6 Å². The van der Waals surface area contributed by atoms with Gasteiger partial charge in [-0.15, -0.1) is 4.48 Å². The van der Waals surface area contributed by atoms with Crippen LogP contribution in [-0.2, 0) is 9.59 Å². The van der Waals surface area contributed by atoms with Crippen molar-refractivity contribution in [2.75, 3.05) is 37.7 Å². The zero-order valence-corrected chi connectivity index (χ0v) is 33.6. The highest BCUT2D eigenvalue weighted by Crippen LogP contribution is 2.44. The Morgan fingerprint density at radius 1 is 1.16 bits per heavy atom. The molecule has 2 fully saturated rings. The van der Waals surface area contributed by atoms with Gasteiger partial charge in [0.25, 0.3) is 0 Å². The molecule has 2 aromatic carbocycles. The first kappa shape index (κ1) is 49.3. The van der Waals surface area contributed by atoms with Gasteiger partial charge in [-0.3, -0.25) is 9.59 Å². The SMILES string of the molecule is C.C1CCC2(C1)CCNCC2.CC.CCC(=O)NF.CCN(C)SNc1ccc(F)c(Oc2ccc(N=CNC=O)c(C)c2)c1Cl.CSI. The van der Waals surface area contributed by atoms with E-state index in [2.05, 4.69) is 41.6 Å². The normalized spacial score (nSPS) is 13.9. The van der Waals surface area contributed by atoms with Gasteiger partial charge in [0.2, 0.25) is 12.3 Å². The summed E-state index contributed by atoms with van der Waals surface area (Å²) < 4.78 is 35.8. The molecule has 1 saturated heterocycles.